The average Bonchev–Trinajstić information content (AvgIpc) is 2.20. The molecule has 0 spiro atoms. The Labute approximate surface area is 116 Å². The van der Waals surface area contributed by atoms with Crippen molar-refractivity contribution >= 4 is 50.7 Å². The van der Waals surface area contributed by atoms with E-state index in [0.29, 0.717) is 21.2 Å². The van der Waals surface area contributed by atoms with E-state index < -0.39 is 0 Å². The van der Waals surface area contributed by atoms with E-state index in [1.807, 2.05) is 6.07 Å². The topological polar surface area (TPSA) is 25.8 Å². The summed E-state index contributed by atoms with van der Waals surface area (Å²) in [6, 6.07) is 6.80. The van der Waals surface area contributed by atoms with Crippen LogP contribution in [0.15, 0.2) is 28.7 Å². The Bertz CT molecular complexity index is 525. The van der Waals surface area contributed by atoms with Gasteiger partial charge in [-0.15, -0.1) is 0 Å². The molecule has 2 nitrogen and oxygen atoms in total. The molecular weight excluding hydrogens is 334 g/mol. The second kappa shape index (κ2) is 4.88. The maximum absolute atomic E-state index is 5.90. The van der Waals surface area contributed by atoms with Gasteiger partial charge < -0.3 is 0 Å². The molecule has 0 radical (unpaired) electrons. The Kier molecular flexibility index (Phi) is 3.70. The molecular formula is C10H4BrCl3N2. The molecule has 1 aromatic heterocycles. The molecule has 0 bridgehead atoms. The predicted molar refractivity (Wildman–Crippen MR) is 70.2 cm³/mol. The highest BCUT2D eigenvalue weighted by atomic mass is 79.9. The van der Waals surface area contributed by atoms with Gasteiger partial charge in [0.25, 0.3) is 0 Å². The lowest BCUT2D eigenvalue weighted by Crippen LogP contribution is -1.91. The fraction of sp³-hybridized carbons (Fsp3) is 0. The minimum absolute atomic E-state index is 0.293. The van der Waals surface area contributed by atoms with E-state index in [4.69, 9.17) is 34.8 Å². The van der Waals surface area contributed by atoms with Crippen molar-refractivity contribution in [3.05, 3.63) is 44.1 Å². The van der Waals surface area contributed by atoms with Crippen molar-refractivity contribution in [3.8, 4) is 11.4 Å². The van der Waals surface area contributed by atoms with Gasteiger partial charge in [0.05, 0.1) is 0 Å². The number of rotatable bonds is 1. The quantitative estimate of drug-likeness (QED) is 0.694. The van der Waals surface area contributed by atoms with Crippen LogP contribution in [-0.4, -0.2) is 9.97 Å². The maximum atomic E-state index is 5.90. The van der Waals surface area contributed by atoms with Gasteiger partial charge in [0.2, 0.25) is 0 Å². The number of hydrogen-bond acceptors (Lipinski definition) is 2. The van der Waals surface area contributed by atoms with Crippen LogP contribution in [0.5, 0.6) is 0 Å². The smallest absolute Gasteiger partial charge is 0.163 e. The lowest BCUT2D eigenvalue weighted by atomic mass is 10.2. The summed E-state index contributed by atoms with van der Waals surface area (Å²) in [5.74, 6) is 0.437. The molecule has 2 aromatic rings. The third kappa shape index (κ3) is 2.66. The van der Waals surface area contributed by atoms with Crippen molar-refractivity contribution in [2.45, 2.75) is 0 Å². The highest BCUT2D eigenvalue weighted by Gasteiger charge is 2.09. The minimum Gasteiger partial charge on any atom is -0.216 e. The van der Waals surface area contributed by atoms with E-state index in [1.54, 1.807) is 12.1 Å². The van der Waals surface area contributed by atoms with Gasteiger partial charge in [0.15, 0.2) is 5.82 Å². The summed E-state index contributed by atoms with van der Waals surface area (Å²) in [6.45, 7) is 0. The van der Waals surface area contributed by atoms with Crippen LogP contribution in [0.3, 0.4) is 0 Å². The van der Waals surface area contributed by atoms with Gasteiger partial charge in [-0.1, -0.05) is 50.7 Å². The first kappa shape index (κ1) is 12.1. The Morgan fingerprint density at radius 2 is 1.56 bits per heavy atom. The molecule has 0 atom stereocenters. The molecule has 0 fully saturated rings. The highest BCUT2D eigenvalue weighted by Crippen LogP contribution is 2.30. The number of nitrogens with zero attached hydrogens (tertiary/aromatic N) is 2. The van der Waals surface area contributed by atoms with Crippen LogP contribution in [0.1, 0.15) is 0 Å². The SMILES string of the molecule is Clc1ccc(Br)c(-c2nc(Cl)cc(Cl)n2)c1. The van der Waals surface area contributed by atoms with E-state index in [1.165, 1.54) is 6.07 Å². The van der Waals surface area contributed by atoms with Gasteiger partial charge in [-0.05, 0) is 18.2 Å². The summed E-state index contributed by atoms with van der Waals surface area (Å²) in [6.07, 6.45) is 0. The van der Waals surface area contributed by atoms with Gasteiger partial charge in [-0.25, -0.2) is 9.97 Å². The lowest BCUT2D eigenvalue weighted by Gasteiger charge is -2.04. The van der Waals surface area contributed by atoms with Gasteiger partial charge in [-0.3, -0.25) is 0 Å². The van der Waals surface area contributed by atoms with Crippen LogP contribution in [0.25, 0.3) is 11.4 Å². The molecule has 0 aliphatic rings. The molecule has 16 heavy (non-hydrogen) atoms. The second-order valence-corrected chi connectivity index (χ2v) is 5.03. The Morgan fingerprint density at radius 1 is 0.938 bits per heavy atom. The van der Waals surface area contributed by atoms with Crippen LogP contribution >= 0.6 is 50.7 Å². The average molecular weight is 338 g/mol. The standard InChI is InChI=1S/C10H4BrCl3N2/c11-7-2-1-5(12)3-6(7)10-15-8(13)4-9(14)16-10/h1-4H. The van der Waals surface area contributed by atoms with Crippen molar-refractivity contribution in [1.82, 2.24) is 9.97 Å². The zero-order chi connectivity index (χ0) is 11.7. The van der Waals surface area contributed by atoms with Gasteiger partial charge in [0.1, 0.15) is 10.3 Å². The molecule has 0 unspecified atom stereocenters. The minimum atomic E-state index is 0.293. The third-order valence-corrected chi connectivity index (χ3v) is 3.15. The summed E-state index contributed by atoms with van der Waals surface area (Å²) in [4.78, 5) is 8.17. The molecule has 1 heterocycles. The normalized spacial score (nSPS) is 10.5. The van der Waals surface area contributed by atoms with E-state index in [2.05, 4.69) is 25.9 Å². The first-order valence-corrected chi connectivity index (χ1v) is 6.14. The maximum Gasteiger partial charge on any atom is 0.163 e. The second-order valence-electron chi connectivity index (χ2n) is 2.96. The van der Waals surface area contributed by atoms with Crippen molar-refractivity contribution < 1.29 is 0 Å². The predicted octanol–water partition coefficient (Wildman–Crippen LogP) is 4.87. The number of benzene rings is 1. The summed E-state index contributed by atoms with van der Waals surface area (Å²) in [7, 11) is 0. The van der Waals surface area contributed by atoms with E-state index >= 15 is 0 Å². The van der Waals surface area contributed by atoms with Crippen molar-refractivity contribution in [1.29, 1.82) is 0 Å². The molecule has 0 saturated heterocycles. The zero-order valence-corrected chi connectivity index (χ0v) is 11.6. The van der Waals surface area contributed by atoms with Gasteiger partial charge >= 0.3 is 0 Å². The number of hydrogen-bond donors (Lipinski definition) is 0. The fourth-order valence-corrected chi connectivity index (χ4v) is 2.20. The van der Waals surface area contributed by atoms with Crippen molar-refractivity contribution in [3.63, 3.8) is 0 Å². The van der Waals surface area contributed by atoms with E-state index in [9.17, 15) is 0 Å². The molecule has 82 valence electrons. The largest absolute Gasteiger partial charge is 0.216 e. The number of halogens is 4. The number of aromatic nitrogens is 2. The summed E-state index contributed by atoms with van der Waals surface area (Å²) in [5.41, 5.74) is 0.747. The Hall–Kier alpha value is -0.350. The van der Waals surface area contributed by atoms with Crippen molar-refractivity contribution in [2.24, 2.45) is 0 Å². The summed E-state index contributed by atoms with van der Waals surface area (Å²) >= 11 is 20.9. The summed E-state index contributed by atoms with van der Waals surface area (Å²) in [5, 5.41) is 1.18. The van der Waals surface area contributed by atoms with E-state index in [-0.39, 0.29) is 0 Å². The van der Waals surface area contributed by atoms with Gasteiger partial charge in [-0.2, -0.15) is 0 Å². The van der Waals surface area contributed by atoms with Crippen LogP contribution in [0.2, 0.25) is 15.3 Å². The molecule has 2 rings (SSSR count). The molecule has 0 N–H and O–H groups in total. The molecule has 0 saturated carbocycles. The van der Waals surface area contributed by atoms with Crippen LogP contribution in [-0.2, 0) is 0 Å². The van der Waals surface area contributed by atoms with Crippen LogP contribution in [0, 0.1) is 0 Å². The first-order chi connectivity index (χ1) is 7.56. The van der Waals surface area contributed by atoms with Crippen LogP contribution < -0.4 is 0 Å². The van der Waals surface area contributed by atoms with Gasteiger partial charge in [0, 0.05) is 21.1 Å². The summed E-state index contributed by atoms with van der Waals surface area (Å²) < 4.78 is 0.829. The van der Waals surface area contributed by atoms with Crippen molar-refractivity contribution in [2.75, 3.05) is 0 Å². The molecule has 0 aliphatic heterocycles. The van der Waals surface area contributed by atoms with Crippen LogP contribution in [0.4, 0.5) is 0 Å². The molecule has 6 heteroatoms. The molecule has 0 amide bonds. The molecule has 1 aromatic carbocycles. The van der Waals surface area contributed by atoms with E-state index in [0.717, 1.165) is 10.0 Å². The molecule has 0 aliphatic carbocycles. The third-order valence-electron chi connectivity index (χ3n) is 1.83. The highest BCUT2D eigenvalue weighted by molar-refractivity contribution is 9.10. The first-order valence-electron chi connectivity index (χ1n) is 4.22. The lowest BCUT2D eigenvalue weighted by molar-refractivity contribution is 1.17. The Balaban J connectivity index is 2.62. The zero-order valence-electron chi connectivity index (χ0n) is 7.72. The fourth-order valence-electron chi connectivity index (χ4n) is 1.18. The monoisotopic (exact) mass is 336 g/mol. The Morgan fingerprint density at radius 3 is 2.19 bits per heavy atom.